The molecule has 0 saturated heterocycles. The molecule has 0 atom stereocenters. The number of benzene rings is 1. The first-order valence-corrected chi connectivity index (χ1v) is 7.88. The van der Waals surface area contributed by atoms with Gasteiger partial charge in [-0.1, -0.05) is 23.7 Å². The molecular weight excluding hydrogens is 351 g/mol. The number of amides is 2. The molecule has 0 spiro atoms. The fourth-order valence-corrected chi connectivity index (χ4v) is 2.42. The number of anilines is 2. The standard InChI is InChI=1S/C16H12Cl2N4O2/c17-8-15(23)20-10-5-6-22-13(9-19-14(22)7-10)16(24)21-12-4-2-1-3-11(12)18/h1-7,9H,8H2,(H,20,23)(H,21,24). The maximum Gasteiger partial charge on any atom is 0.274 e. The van der Waals surface area contributed by atoms with E-state index < -0.39 is 0 Å². The van der Waals surface area contributed by atoms with Crippen LogP contribution in [-0.2, 0) is 4.79 Å². The van der Waals surface area contributed by atoms with Crippen LogP contribution in [0.25, 0.3) is 5.65 Å². The molecule has 0 fully saturated rings. The van der Waals surface area contributed by atoms with Gasteiger partial charge in [-0.15, -0.1) is 11.6 Å². The summed E-state index contributed by atoms with van der Waals surface area (Å²) in [7, 11) is 0. The Hall–Kier alpha value is -2.57. The monoisotopic (exact) mass is 362 g/mol. The number of fused-ring (bicyclic) bond motifs is 1. The second-order valence-electron chi connectivity index (χ2n) is 4.90. The fourth-order valence-electron chi connectivity index (χ4n) is 2.17. The van der Waals surface area contributed by atoms with Gasteiger partial charge in [0.05, 0.1) is 16.9 Å². The first-order valence-electron chi connectivity index (χ1n) is 6.97. The molecule has 0 radical (unpaired) electrons. The van der Waals surface area contributed by atoms with E-state index in [1.54, 1.807) is 47.0 Å². The Labute approximate surface area is 147 Å². The van der Waals surface area contributed by atoms with E-state index >= 15 is 0 Å². The summed E-state index contributed by atoms with van der Waals surface area (Å²) in [5.74, 6) is -0.789. The van der Waals surface area contributed by atoms with Gasteiger partial charge in [-0.25, -0.2) is 4.98 Å². The Morgan fingerprint density at radius 1 is 1.17 bits per heavy atom. The van der Waals surface area contributed by atoms with E-state index in [4.69, 9.17) is 23.2 Å². The van der Waals surface area contributed by atoms with Gasteiger partial charge in [0.25, 0.3) is 5.91 Å². The summed E-state index contributed by atoms with van der Waals surface area (Å²) in [6.07, 6.45) is 3.10. The smallest absolute Gasteiger partial charge is 0.274 e. The molecule has 0 aliphatic rings. The Morgan fingerprint density at radius 3 is 2.71 bits per heavy atom. The average Bonchev–Trinajstić information content (AvgIpc) is 3.00. The first-order chi connectivity index (χ1) is 11.6. The van der Waals surface area contributed by atoms with Crippen molar-refractivity contribution in [3.63, 3.8) is 0 Å². The van der Waals surface area contributed by atoms with E-state index in [-0.39, 0.29) is 17.7 Å². The van der Waals surface area contributed by atoms with Crippen LogP contribution in [0.5, 0.6) is 0 Å². The fraction of sp³-hybridized carbons (Fsp3) is 0.0625. The van der Waals surface area contributed by atoms with Gasteiger partial charge in [-0.05, 0) is 18.2 Å². The van der Waals surface area contributed by atoms with Gasteiger partial charge in [0.2, 0.25) is 5.91 Å². The molecule has 2 N–H and O–H groups in total. The van der Waals surface area contributed by atoms with E-state index in [2.05, 4.69) is 15.6 Å². The zero-order valence-electron chi connectivity index (χ0n) is 12.3. The predicted octanol–water partition coefficient (Wildman–Crippen LogP) is 3.42. The van der Waals surface area contributed by atoms with Crippen molar-refractivity contribution in [1.29, 1.82) is 0 Å². The summed E-state index contributed by atoms with van der Waals surface area (Å²) in [5.41, 5.74) is 1.94. The van der Waals surface area contributed by atoms with Gasteiger partial charge in [0.1, 0.15) is 17.2 Å². The zero-order valence-corrected chi connectivity index (χ0v) is 13.8. The third kappa shape index (κ3) is 3.34. The molecule has 24 heavy (non-hydrogen) atoms. The van der Waals surface area contributed by atoms with Gasteiger partial charge in [0, 0.05) is 18.0 Å². The maximum absolute atomic E-state index is 12.4. The van der Waals surface area contributed by atoms with Crippen LogP contribution >= 0.6 is 23.2 Å². The Morgan fingerprint density at radius 2 is 1.96 bits per heavy atom. The SMILES string of the molecule is O=C(CCl)Nc1ccn2c(C(=O)Nc3ccccc3Cl)cnc2c1. The topological polar surface area (TPSA) is 75.5 Å². The van der Waals surface area contributed by atoms with Crippen LogP contribution in [0, 0.1) is 0 Å². The van der Waals surface area contributed by atoms with Gasteiger partial charge < -0.3 is 10.6 Å². The molecule has 3 rings (SSSR count). The minimum absolute atomic E-state index is 0.134. The molecule has 0 aliphatic carbocycles. The minimum atomic E-state index is -0.340. The number of rotatable bonds is 4. The van der Waals surface area contributed by atoms with Crippen molar-refractivity contribution in [2.24, 2.45) is 0 Å². The third-order valence-electron chi connectivity index (χ3n) is 3.27. The van der Waals surface area contributed by atoms with Crippen LogP contribution in [0.1, 0.15) is 10.5 Å². The van der Waals surface area contributed by atoms with Crippen molar-refractivity contribution >= 4 is 52.0 Å². The van der Waals surface area contributed by atoms with E-state index in [1.807, 2.05) is 0 Å². The first kappa shape index (κ1) is 16.3. The lowest BCUT2D eigenvalue weighted by molar-refractivity contribution is -0.113. The van der Waals surface area contributed by atoms with Gasteiger partial charge in [-0.3, -0.25) is 14.0 Å². The predicted molar refractivity (Wildman–Crippen MR) is 93.9 cm³/mol. The number of hydrogen-bond donors (Lipinski definition) is 2. The average molecular weight is 363 g/mol. The Bertz CT molecular complexity index is 923. The maximum atomic E-state index is 12.4. The summed E-state index contributed by atoms with van der Waals surface area (Å²) < 4.78 is 1.61. The molecular formula is C16H12Cl2N4O2. The van der Waals surface area contributed by atoms with E-state index in [9.17, 15) is 9.59 Å². The minimum Gasteiger partial charge on any atom is -0.325 e. The van der Waals surface area contributed by atoms with Crippen LogP contribution in [0.3, 0.4) is 0 Å². The highest BCUT2D eigenvalue weighted by molar-refractivity contribution is 6.33. The second-order valence-corrected chi connectivity index (χ2v) is 5.58. The van der Waals surface area contributed by atoms with E-state index in [0.717, 1.165) is 0 Å². The number of nitrogens with one attached hydrogen (secondary N) is 2. The van der Waals surface area contributed by atoms with Crippen molar-refractivity contribution in [3.8, 4) is 0 Å². The lowest BCUT2D eigenvalue weighted by atomic mass is 10.3. The number of para-hydroxylation sites is 1. The van der Waals surface area contributed by atoms with Gasteiger partial charge in [0.15, 0.2) is 0 Å². The summed E-state index contributed by atoms with van der Waals surface area (Å²) in [6, 6.07) is 10.3. The van der Waals surface area contributed by atoms with E-state index in [0.29, 0.717) is 27.7 Å². The highest BCUT2D eigenvalue weighted by Crippen LogP contribution is 2.21. The molecule has 0 bridgehead atoms. The number of carbonyl (C=O) groups excluding carboxylic acids is 2. The van der Waals surface area contributed by atoms with Crippen LogP contribution in [0.2, 0.25) is 5.02 Å². The van der Waals surface area contributed by atoms with E-state index in [1.165, 1.54) is 6.20 Å². The van der Waals surface area contributed by atoms with Crippen LogP contribution in [-0.4, -0.2) is 27.1 Å². The number of alkyl halides is 1. The Kier molecular flexibility index (Phi) is 4.69. The number of hydrogen-bond acceptors (Lipinski definition) is 3. The van der Waals surface area contributed by atoms with Crippen molar-refractivity contribution in [3.05, 3.63) is 59.5 Å². The van der Waals surface area contributed by atoms with Crippen molar-refractivity contribution in [2.75, 3.05) is 16.5 Å². The van der Waals surface area contributed by atoms with Gasteiger partial charge >= 0.3 is 0 Å². The number of imidazole rings is 1. The number of nitrogens with zero attached hydrogens (tertiary/aromatic N) is 2. The van der Waals surface area contributed by atoms with Crippen LogP contribution < -0.4 is 10.6 Å². The van der Waals surface area contributed by atoms with Crippen molar-refractivity contribution in [1.82, 2.24) is 9.38 Å². The molecule has 2 heterocycles. The molecule has 1 aromatic carbocycles. The number of pyridine rings is 1. The summed E-state index contributed by atoms with van der Waals surface area (Å²) in [4.78, 5) is 27.9. The van der Waals surface area contributed by atoms with Crippen LogP contribution in [0.4, 0.5) is 11.4 Å². The Balaban J connectivity index is 1.86. The summed E-state index contributed by atoms with van der Waals surface area (Å²) in [5, 5.41) is 5.82. The normalized spacial score (nSPS) is 10.6. The largest absolute Gasteiger partial charge is 0.325 e. The molecule has 8 heteroatoms. The quantitative estimate of drug-likeness (QED) is 0.698. The number of carbonyl (C=O) groups is 2. The third-order valence-corrected chi connectivity index (χ3v) is 3.85. The lowest BCUT2D eigenvalue weighted by Crippen LogP contribution is -2.15. The van der Waals surface area contributed by atoms with Crippen LogP contribution in [0.15, 0.2) is 48.8 Å². The molecule has 0 aliphatic heterocycles. The zero-order chi connectivity index (χ0) is 17.1. The van der Waals surface area contributed by atoms with Crippen molar-refractivity contribution < 1.29 is 9.59 Å². The summed E-state index contributed by atoms with van der Waals surface area (Å²) >= 11 is 11.5. The number of halogens is 2. The van der Waals surface area contributed by atoms with Crippen molar-refractivity contribution in [2.45, 2.75) is 0 Å². The molecule has 3 aromatic rings. The highest BCUT2D eigenvalue weighted by atomic mass is 35.5. The molecule has 0 saturated carbocycles. The molecule has 2 aromatic heterocycles. The lowest BCUT2D eigenvalue weighted by Gasteiger charge is -2.07. The highest BCUT2D eigenvalue weighted by Gasteiger charge is 2.14. The number of aromatic nitrogens is 2. The molecule has 2 amide bonds. The van der Waals surface area contributed by atoms with Gasteiger partial charge in [-0.2, -0.15) is 0 Å². The second kappa shape index (κ2) is 6.90. The summed E-state index contributed by atoms with van der Waals surface area (Å²) in [6.45, 7) is 0. The molecule has 6 nitrogen and oxygen atoms in total. The molecule has 122 valence electrons. The molecule has 0 unspecified atom stereocenters.